The summed E-state index contributed by atoms with van der Waals surface area (Å²) in [6.45, 7) is 19.9. The maximum atomic E-state index is 4.50. The molecule has 0 radical (unpaired) electrons. The Kier molecular flexibility index (Phi) is 9.97. The van der Waals surface area contributed by atoms with Gasteiger partial charge >= 0.3 is 0 Å². The Morgan fingerprint density at radius 2 is 1.76 bits per heavy atom. The zero-order valence-electron chi connectivity index (χ0n) is 15.2. The Hall–Kier alpha value is -1.16. The van der Waals surface area contributed by atoms with Gasteiger partial charge in [0.25, 0.3) is 0 Å². The Morgan fingerprint density at radius 1 is 1.14 bits per heavy atom. The predicted molar refractivity (Wildman–Crippen MR) is 93.0 cm³/mol. The van der Waals surface area contributed by atoms with Crippen molar-refractivity contribution in [3.05, 3.63) is 18.0 Å². The molecule has 1 saturated heterocycles. The molecule has 0 bridgehead atoms. The van der Waals surface area contributed by atoms with E-state index in [1.807, 2.05) is 46.9 Å². The highest BCUT2D eigenvalue weighted by Crippen LogP contribution is 2.16. The molecule has 122 valence electrons. The average molecular weight is 294 g/mol. The van der Waals surface area contributed by atoms with Crippen LogP contribution in [0.25, 0.3) is 0 Å². The lowest BCUT2D eigenvalue weighted by atomic mass is 10.1. The first-order valence-electron chi connectivity index (χ1n) is 8.38. The van der Waals surface area contributed by atoms with E-state index in [2.05, 4.69) is 40.5 Å². The minimum Gasteiger partial charge on any atom is -0.338 e. The Labute approximate surface area is 131 Å². The van der Waals surface area contributed by atoms with E-state index < -0.39 is 0 Å². The van der Waals surface area contributed by atoms with Crippen molar-refractivity contribution in [3.8, 4) is 0 Å². The quantitative estimate of drug-likeness (QED) is 0.831. The van der Waals surface area contributed by atoms with E-state index in [1.54, 1.807) is 0 Å². The number of aryl methyl sites for hydroxylation is 1. The zero-order valence-corrected chi connectivity index (χ0v) is 15.2. The lowest BCUT2D eigenvalue weighted by Gasteiger charge is -2.42. The van der Waals surface area contributed by atoms with Crippen LogP contribution < -0.4 is 4.90 Å². The molecule has 0 unspecified atom stereocenters. The molecule has 1 aromatic rings. The van der Waals surface area contributed by atoms with Gasteiger partial charge in [-0.1, -0.05) is 27.7 Å². The monoisotopic (exact) mass is 294 g/mol. The molecule has 0 N–H and O–H groups in total. The number of anilines is 1. The molecule has 0 aromatic carbocycles. The van der Waals surface area contributed by atoms with Crippen LogP contribution in [0.3, 0.4) is 0 Å². The van der Waals surface area contributed by atoms with Crippen molar-refractivity contribution in [3.63, 3.8) is 0 Å². The maximum absolute atomic E-state index is 4.50. The van der Waals surface area contributed by atoms with Crippen molar-refractivity contribution < 1.29 is 0 Å². The first-order valence-corrected chi connectivity index (χ1v) is 8.38. The zero-order chi connectivity index (χ0) is 16.4. The van der Waals surface area contributed by atoms with Gasteiger partial charge in [0.15, 0.2) is 0 Å². The molecule has 0 spiro atoms. The number of hydrogen-bond donors (Lipinski definition) is 0. The summed E-state index contributed by atoms with van der Waals surface area (Å²) in [5.41, 5.74) is 1.04. The standard InChI is InChI=1S/C13H22N4.2C2H6/c1-10(2)17-8-7-16(9-12(17)4)13-14-6-5-11(3)15-13;2*1-2/h5-6,10,12H,7-9H2,1-4H3;2*1-2H3/t12-;;/m1../s1. The van der Waals surface area contributed by atoms with Crippen LogP contribution in [0.1, 0.15) is 54.2 Å². The second-order valence-corrected chi connectivity index (χ2v) is 5.12. The normalized spacial score (nSPS) is 18.5. The molecule has 4 nitrogen and oxygen atoms in total. The van der Waals surface area contributed by atoms with Crippen LogP contribution in [-0.2, 0) is 0 Å². The minimum absolute atomic E-state index is 0.563. The van der Waals surface area contributed by atoms with E-state index in [9.17, 15) is 0 Å². The van der Waals surface area contributed by atoms with Crippen molar-refractivity contribution in [2.45, 2.75) is 67.5 Å². The van der Waals surface area contributed by atoms with Crippen LogP contribution in [0.2, 0.25) is 0 Å². The molecule has 0 aliphatic carbocycles. The van der Waals surface area contributed by atoms with Gasteiger partial charge in [0.05, 0.1) is 0 Å². The minimum atomic E-state index is 0.563. The summed E-state index contributed by atoms with van der Waals surface area (Å²) < 4.78 is 0. The van der Waals surface area contributed by atoms with Crippen molar-refractivity contribution in [1.82, 2.24) is 14.9 Å². The Bertz CT molecular complexity index is 379. The predicted octanol–water partition coefficient (Wildman–Crippen LogP) is 3.76. The fraction of sp³-hybridized carbons (Fsp3) is 0.765. The van der Waals surface area contributed by atoms with E-state index in [1.165, 1.54) is 0 Å². The molecule has 1 aliphatic rings. The van der Waals surface area contributed by atoms with Gasteiger partial charge in [-0.25, -0.2) is 9.97 Å². The van der Waals surface area contributed by atoms with Crippen molar-refractivity contribution >= 4 is 5.95 Å². The van der Waals surface area contributed by atoms with E-state index >= 15 is 0 Å². The van der Waals surface area contributed by atoms with Crippen LogP contribution in [0, 0.1) is 6.92 Å². The molecule has 0 amide bonds. The second-order valence-electron chi connectivity index (χ2n) is 5.12. The fourth-order valence-electron chi connectivity index (χ4n) is 2.51. The summed E-state index contributed by atoms with van der Waals surface area (Å²) in [5.74, 6) is 0.875. The van der Waals surface area contributed by atoms with Gasteiger partial charge in [0.1, 0.15) is 0 Å². The lowest BCUT2D eigenvalue weighted by Crippen LogP contribution is -2.54. The SMILES string of the molecule is CC.CC.Cc1ccnc(N2CCN(C(C)C)[C@H](C)C2)n1. The van der Waals surface area contributed by atoms with Gasteiger partial charge in [0, 0.05) is 43.6 Å². The van der Waals surface area contributed by atoms with Crippen LogP contribution >= 0.6 is 0 Å². The molecule has 4 heteroatoms. The second kappa shape index (κ2) is 10.6. The average Bonchev–Trinajstić information content (AvgIpc) is 2.51. The highest BCUT2D eigenvalue weighted by Gasteiger charge is 2.26. The maximum Gasteiger partial charge on any atom is 0.225 e. The number of nitrogens with zero attached hydrogens (tertiary/aromatic N) is 4. The van der Waals surface area contributed by atoms with Gasteiger partial charge in [-0.15, -0.1) is 0 Å². The summed E-state index contributed by atoms with van der Waals surface area (Å²) in [6.07, 6.45) is 1.84. The smallest absolute Gasteiger partial charge is 0.225 e. The molecular weight excluding hydrogens is 260 g/mol. The number of aromatic nitrogens is 2. The van der Waals surface area contributed by atoms with Gasteiger partial charge in [-0.05, 0) is 33.8 Å². The van der Waals surface area contributed by atoms with Gasteiger partial charge in [-0.2, -0.15) is 0 Å². The van der Waals surface area contributed by atoms with E-state index in [4.69, 9.17) is 0 Å². The van der Waals surface area contributed by atoms with Crippen molar-refractivity contribution in [1.29, 1.82) is 0 Å². The number of piperazine rings is 1. The molecule has 2 rings (SSSR count). The van der Waals surface area contributed by atoms with Gasteiger partial charge in [0.2, 0.25) is 5.95 Å². The molecule has 1 fully saturated rings. The molecule has 0 saturated carbocycles. The summed E-state index contributed by atoms with van der Waals surface area (Å²) in [5, 5.41) is 0. The molecular formula is C17H34N4. The highest BCUT2D eigenvalue weighted by atomic mass is 15.3. The number of rotatable bonds is 2. The van der Waals surface area contributed by atoms with Crippen LogP contribution in [-0.4, -0.2) is 46.6 Å². The molecule has 1 aliphatic heterocycles. The third-order valence-electron chi connectivity index (χ3n) is 3.41. The summed E-state index contributed by atoms with van der Waals surface area (Å²) in [7, 11) is 0. The first kappa shape index (κ1) is 19.8. The van der Waals surface area contributed by atoms with Crippen molar-refractivity contribution in [2.24, 2.45) is 0 Å². The van der Waals surface area contributed by atoms with Crippen LogP contribution in [0.5, 0.6) is 0 Å². The van der Waals surface area contributed by atoms with Crippen LogP contribution in [0.4, 0.5) is 5.95 Å². The Balaban J connectivity index is 0.000000921. The first-order chi connectivity index (χ1) is 10.1. The van der Waals surface area contributed by atoms with Gasteiger partial charge < -0.3 is 4.90 Å². The largest absolute Gasteiger partial charge is 0.338 e. The topological polar surface area (TPSA) is 32.3 Å². The lowest BCUT2D eigenvalue weighted by molar-refractivity contribution is 0.147. The van der Waals surface area contributed by atoms with E-state index in [0.29, 0.717) is 12.1 Å². The van der Waals surface area contributed by atoms with E-state index in [0.717, 1.165) is 31.3 Å². The number of hydrogen-bond acceptors (Lipinski definition) is 4. The highest BCUT2D eigenvalue weighted by molar-refractivity contribution is 5.31. The molecule has 2 heterocycles. The summed E-state index contributed by atoms with van der Waals surface area (Å²) in [4.78, 5) is 13.7. The summed E-state index contributed by atoms with van der Waals surface area (Å²) >= 11 is 0. The Morgan fingerprint density at radius 3 is 2.24 bits per heavy atom. The third-order valence-corrected chi connectivity index (χ3v) is 3.41. The molecule has 1 atom stereocenters. The molecule has 21 heavy (non-hydrogen) atoms. The summed E-state index contributed by atoms with van der Waals surface area (Å²) in [6, 6.07) is 3.12. The fourth-order valence-corrected chi connectivity index (χ4v) is 2.51. The molecule has 1 aromatic heterocycles. The van der Waals surface area contributed by atoms with Crippen LogP contribution in [0.15, 0.2) is 12.3 Å². The van der Waals surface area contributed by atoms with Gasteiger partial charge in [-0.3, -0.25) is 4.90 Å². The third kappa shape index (κ3) is 6.00. The van der Waals surface area contributed by atoms with Crippen molar-refractivity contribution in [2.75, 3.05) is 24.5 Å². The van der Waals surface area contributed by atoms with E-state index in [-0.39, 0.29) is 0 Å².